The van der Waals surface area contributed by atoms with Crippen LogP contribution in [0.5, 0.6) is 0 Å². The minimum atomic E-state index is -0.156. The van der Waals surface area contributed by atoms with Gasteiger partial charge in [-0.1, -0.05) is 12.1 Å². The van der Waals surface area contributed by atoms with Crippen LogP contribution in [0, 0.1) is 11.7 Å². The van der Waals surface area contributed by atoms with Crippen LogP contribution >= 0.6 is 12.4 Å². The maximum Gasteiger partial charge on any atom is 0.123 e. The maximum atomic E-state index is 12.8. The number of nitrogens with one attached hydrogen (secondary N) is 1. The molecule has 0 amide bonds. The lowest BCUT2D eigenvalue weighted by molar-refractivity contribution is 0.0720. The second-order valence-electron chi connectivity index (χ2n) is 5.25. The zero-order valence-electron chi connectivity index (χ0n) is 10.4. The van der Waals surface area contributed by atoms with Gasteiger partial charge >= 0.3 is 0 Å². The first kappa shape index (κ1) is 13.8. The molecule has 0 aliphatic carbocycles. The average Bonchev–Trinajstić information content (AvgIpc) is 2.39. The number of benzene rings is 1. The molecule has 3 saturated heterocycles. The fraction of sp³-hybridized carbons (Fsp3) is 0.571. The number of fused-ring (bicyclic) bond motifs is 3. The summed E-state index contributed by atoms with van der Waals surface area (Å²) >= 11 is 0. The number of hydrogen-bond acceptors (Lipinski definition) is 2. The summed E-state index contributed by atoms with van der Waals surface area (Å²) in [4.78, 5) is 2.54. The van der Waals surface area contributed by atoms with Crippen LogP contribution in [0.25, 0.3) is 0 Å². The Labute approximate surface area is 114 Å². The molecule has 1 unspecified atom stereocenters. The Hall–Kier alpha value is -0.640. The van der Waals surface area contributed by atoms with Crippen molar-refractivity contribution in [2.45, 2.75) is 25.4 Å². The molecule has 0 aromatic heterocycles. The van der Waals surface area contributed by atoms with Crippen molar-refractivity contribution in [2.24, 2.45) is 5.92 Å². The van der Waals surface area contributed by atoms with Gasteiger partial charge in [0, 0.05) is 19.1 Å². The minimum Gasteiger partial charge on any atom is -0.308 e. The Morgan fingerprint density at radius 2 is 1.83 bits per heavy atom. The van der Waals surface area contributed by atoms with E-state index in [2.05, 4.69) is 10.2 Å². The van der Waals surface area contributed by atoms with Gasteiger partial charge in [0.1, 0.15) is 5.82 Å². The Morgan fingerprint density at radius 3 is 2.39 bits per heavy atom. The Morgan fingerprint density at radius 1 is 1.17 bits per heavy atom. The first-order chi connectivity index (χ1) is 8.31. The zero-order valence-corrected chi connectivity index (χ0v) is 11.3. The molecule has 1 aromatic rings. The van der Waals surface area contributed by atoms with Crippen LogP contribution in [0.4, 0.5) is 4.39 Å². The molecule has 4 rings (SSSR count). The summed E-state index contributed by atoms with van der Waals surface area (Å²) in [6.07, 6.45) is 2.67. The smallest absolute Gasteiger partial charge is 0.123 e. The lowest BCUT2D eigenvalue weighted by atomic mass is 9.84. The Bertz CT molecular complexity index is 374. The number of piperidine rings is 3. The molecular weight excluding hydrogens is 251 g/mol. The Balaban J connectivity index is 0.00000120. The van der Waals surface area contributed by atoms with E-state index in [-0.39, 0.29) is 18.2 Å². The molecule has 1 N–H and O–H groups in total. The third kappa shape index (κ3) is 3.02. The van der Waals surface area contributed by atoms with Gasteiger partial charge in [0.25, 0.3) is 0 Å². The van der Waals surface area contributed by atoms with Crippen molar-refractivity contribution in [2.75, 3.05) is 19.6 Å². The van der Waals surface area contributed by atoms with Crippen molar-refractivity contribution in [1.29, 1.82) is 0 Å². The zero-order chi connectivity index (χ0) is 11.7. The van der Waals surface area contributed by atoms with E-state index in [1.165, 1.54) is 50.2 Å². The van der Waals surface area contributed by atoms with Crippen molar-refractivity contribution >= 4 is 12.4 Å². The molecule has 3 fully saturated rings. The molecule has 3 aliphatic heterocycles. The summed E-state index contributed by atoms with van der Waals surface area (Å²) in [6, 6.07) is 7.43. The van der Waals surface area contributed by atoms with Crippen molar-refractivity contribution in [3.05, 3.63) is 35.6 Å². The largest absolute Gasteiger partial charge is 0.308 e. The molecule has 3 aliphatic rings. The molecule has 100 valence electrons. The number of rotatable bonds is 3. The summed E-state index contributed by atoms with van der Waals surface area (Å²) in [6.45, 7) is 4.60. The molecule has 3 heterocycles. The van der Waals surface area contributed by atoms with Crippen LogP contribution in [0.1, 0.15) is 18.4 Å². The van der Waals surface area contributed by atoms with Gasteiger partial charge in [0.15, 0.2) is 0 Å². The molecule has 2 nitrogen and oxygen atoms in total. The molecule has 4 heteroatoms. The number of halogens is 2. The second kappa shape index (κ2) is 6.00. The van der Waals surface area contributed by atoms with Crippen LogP contribution in [-0.4, -0.2) is 30.6 Å². The molecule has 2 bridgehead atoms. The topological polar surface area (TPSA) is 15.3 Å². The molecule has 0 radical (unpaired) electrons. The fourth-order valence-corrected chi connectivity index (χ4v) is 3.05. The summed E-state index contributed by atoms with van der Waals surface area (Å²) in [5.41, 5.74) is 1.17. The fourth-order valence-electron chi connectivity index (χ4n) is 3.05. The van der Waals surface area contributed by atoms with Gasteiger partial charge in [-0.05, 0) is 49.5 Å². The van der Waals surface area contributed by atoms with Gasteiger partial charge in [-0.2, -0.15) is 0 Å². The summed E-state index contributed by atoms with van der Waals surface area (Å²) in [7, 11) is 0. The van der Waals surface area contributed by atoms with E-state index in [1.54, 1.807) is 0 Å². The predicted molar refractivity (Wildman–Crippen MR) is 73.4 cm³/mol. The third-order valence-electron chi connectivity index (χ3n) is 4.14. The molecule has 1 aromatic carbocycles. The number of hydrogen-bond donors (Lipinski definition) is 1. The highest BCUT2D eigenvalue weighted by atomic mass is 35.5. The van der Waals surface area contributed by atoms with Gasteiger partial charge in [-0.3, -0.25) is 0 Å². The van der Waals surface area contributed by atoms with Crippen molar-refractivity contribution < 1.29 is 4.39 Å². The highest BCUT2D eigenvalue weighted by molar-refractivity contribution is 5.85. The van der Waals surface area contributed by atoms with Crippen LogP contribution in [0.2, 0.25) is 0 Å². The predicted octanol–water partition coefficient (Wildman–Crippen LogP) is 2.43. The van der Waals surface area contributed by atoms with Gasteiger partial charge in [0.05, 0.1) is 0 Å². The molecule has 1 atom stereocenters. The molecule has 0 spiro atoms. The normalized spacial score (nSPS) is 29.9. The summed E-state index contributed by atoms with van der Waals surface area (Å²) in [5, 5.41) is 3.62. The van der Waals surface area contributed by atoms with E-state index in [0.717, 1.165) is 12.5 Å². The van der Waals surface area contributed by atoms with Crippen LogP contribution in [-0.2, 0) is 6.54 Å². The van der Waals surface area contributed by atoms with Crippen LogP contribution < -0.4 is 5.32 Å². The lowest BCUT2D eigenvalue weighted by Crippen LogP contribution is -2.55. The van der Waals surface area contributed by atoms with Crippen molar-refractivity contribution in [3.63, 3.8) is 0 Å². The second-order valence-corrected chi connectivity index (χ2v) is 5.25. The monoisotopic (exact) mass is 270 g/mol. The van der Waals surface area contributed by atoms with E-state index in [1.807, 2.05) is 12.1 Å². The van der Waals surface area contributed by atoms with Gasteiger partial charge in [0.2, 0.25) is 0 Å². The van der Waals surface area contributed by atoms with E-state index in [0.29, 0.717) is 6.04 Å². The first-order valence-electron chi connectivity index (χ1n) is 6.51. The van der Waals surface area contributed by atoms with Gasteiger partial charge < -0.3 is 10.2 Å². The number of nitrogens with zero attached hydrogens (tertiary/aromatic N) is 1. The summed E-state index contributed by atoms with van der Waals surface area (Å²) < 4.78 is 12.8. The molecule has 18 heavy (non-hydrogen) atoms. The molecule has 0 saturated carbocycles. The standard InChI is InChI=1S/C14H19FN2.ClH/c15-13-3-1-11(2-4-13)9-16-14-10-17-7-5-12(14)6-8-17;/h1-4,12,14,16H,5-10H2;1H. The van der Waals surface area contributed by atoms with E-state index < -0.39 is 0 Å². The quantitative estimate of drug-likeness (QED) is 0.908. The van der Waals surface area contributed by atoms with Gasteiger partial charge in [-0.25, -0.2) is 4.39 Å². The van der Waals surface area contributed by atoms with Crippen LogP contribution in [0.3, 0.4) is 0 Å². The average molecular weight is 271 g/mol. The van der Waals surface area contributed by atoms with Crippen molar-refractivity contribution in [1.82, 2.24) is 10.2 Å². The van der Waals surface area contributed by atoms with E-state index >= 15 is 0 Å². The third-order valence-corrected chi connectivity index (χ3v) is 4.14. The van der Waals surface area contributed by atoms with E-state index in [9.17, 15) is 4.39 Å². The van der Waals surface area contributed by atoms with Crippen molar-refractivity contribution in [3.8, 4) is 0 Å². The van der Waals surface area contributed by atoms with Crippen LogP contribution in [0.15, 0.2) is 24.3 Å². The highest BCUT2D eigenvalue weighted by Crippen LogP contribution is 2.27. The highest BCUT2D eigenvalue weighted by Gasteiger charge is 2.33. The molecular formula is C14H20ClFN2. The lowest BCUT2D eigenvalue weighted by Gasteiger charge is -2.45. The van der Waals surface area contributed by atoms with E-state index in [4.69, 9.17) is 0 Å². The minimum absolute atomic E-state index is 0. The van der Waals surface area contributed by atoms with Gasteiger partial charge in [-0.15, -0.1) is 12.4 Å². The maximum absolute atomic E-state index is 12.8. The summed E-state index contributed by atoms with van der Waals surface area (Å²) in [5.74, 6) is 0.692. The Kier molecular flexibility index (Phi) is 4.60. The SMILES string of the molecule is Cl.Fc1ccc(CNC2CN3CCC2CC3)cc1. The first-order valence-corrected chi connectivity index (χ1v) is 6.51.